The van der Waals surface area contributed by atoms with E-state index in [9.17, 15) is 9.59 Å². The van der Waals surface area contributed by atoms with E-state index in [-0.39, 0.29) is 30.6 Å². The van der Waals surface area contributed by atoms with Gasteiger partial charge in [0.1, 0.15) is 24.4 Å². The maximum atomic E-state index is 13.0. The van der Waals surface area contributed by atoms with Gasteiger partial charge >= 0.3 is 0 Å². The van der Waals surface area contributed by atoms with Crippen LogP contribution >= 0.6 is 0 Å². The first-order valence-corrected chi connectivity index (χ1v) is 10.2. The number of carbonyl (C=O) groups excluding carboxylic acids is 2. The lowest BCUT2D eigenvalue weighted by molar-refractivity contribution is -0.236. The summed E-state index contributed by atoms with van der Waals surface area (Å²) in [6.45, 7) is 7.39. The molecule has 0 aromatic heterocycles. The number of hydrogen-bond donors (Lipinski definition) is 0. The third-order valence-electron chi connectivity index (χ3n) is 6.62. The molecule has 9 atom stereocenters. The number of carbonyl (C=O) groups is 2. The Hall–Kier alpha value is -1.36. The van der Waals surface area contributed by atoms with E-state index in [1.807, 2.05) is 39.8 Å². The normalized spacial score (nSPS) is 50.9. The summed E-state index contributed by atoms with van der Waals surface area (Å²) in [6, 6.07) is 0. The summed E-state index contributed by atoms with van der Waals surface area (Å²) in [4.78, 5) is 27.3. The number of nitrogens with zero attached hydrogens (tertiary/aromatic N) is 1. The fourth-order valence-corrected chi connectivity index (χ4v) is 5.57. The van der Waals surface area contributed by atoms with Gasteiger partial charge < -0.3 is 28.4 Å². The van der Waals surface area contributed by atoms with E-state index in [0.717, 1.165) is 0 Å². The van der Waals surface area contributed by atoms with E-state index in [0.29, 0.717) is 0 Å². The van der Waals surface area contributed by atoms with Gasteiger partial charge in [-0.3, -0.25) is 14.5 Å². The van der Waals surface area contributed by atoms with Gasteiger partial charge in [-0.2, -0.15) is 0 Å². The average Bonchev–Trinajstić information content (AvgIpc) is 3.39. The molecule has 0 aromatic carbocycles. The molecule has 6 heterocycles. The van der Waals surface area contributed by atoms with Crippen LogP contribution in [-0.2, 0) is 38.0 Å². The van der Waals surface area contributed by atoms with E-state index in [1.54, 1.807) is 0 Å². The number of fused-ring (bicyclic) bond motifs is 8. The van der Waals surface area contributed by atoms with Gasteiger partial charge in [-0.25, -0.2) is 0 Å². The lowest BCUT2D eigenvalue weighted by atomic mass is 9.85. The predicted molar refractivity (Wildman–Crippen MR) is 94.0 cm³/mol. The molecular formula is C20H25NO8. The topological polar surface area (TPSA) is 92.8 Å². The molecule has 6 rings (SSSR count). The minimum Gasteiger partial charge on any atom is -0.365 e. The second-order valence-corrected chi connectivity index (χ2v) is 9.50. The van der Waals surface area contributed by atoms with Crippen LogP contribution in [0.1, 0.15) is 27.7 Å². The average molecular weight is 407 g/mol. The summed E-state index contributed by atoms with van der Waals surface area (Å²) in [5.41, 5.74) is 0. The van der Waals surface area contributed by atoms with Crippen molar-refractivity contribution in [3.05, 3.63) is 12.2 Å². The van der Waals surface area contributed by atoms with Crippen molar-refractivity contribution < 1.29 is 38.0 Å². The number of likely N-dealkylation sites (tertiary alicyclic amines) is 1. The molecule has 0 radical (unpaired) electrons. The standard InChI is InChI=1S/C20H25NO8/c1-19(2)26-13-10(25-18-15(14(13)27-19)28-20(3,4)29-18)7-21-16(22)11-8-5-6-9(24-8)12(11)17(21)23/h5-6,8-15,18H,7H2,1-4H3/t8-,9+,10-,11+,12-,13+,14+,15-,18-/m1/s1. The molecule has 158 valence electrons. The summed E-state index contributed by atoms with van der Waals surface area (Å²) in [5, 5.41) is 0. The van der Waals surface area contributed by atoms with Gasteiger partial charge in [-0.15, -0.1) is 0 Å². The van der Waals surface area contributed by atoms with Gasteiger partial charge in [0.25, 0.3) is 0 Å². The van der Waals surface area contributed by atoms with Crippen LogP contribution in [0, 0.1) is 11.8 Å². The Labute approximate surface area is 168 Å². The van der Waals surface area contributed by atoms with Crippen molar-refractivity contribution in [1.82, 2.24) is 4.90 Å². The first kappa shape index (κ1) is 18.4. The summed E-state index contributed by atoms with van der Waals surface area (Å²) in [5.74, 6) is -2.93. The van der Waals surface area contributed by atoms with Crippen LogP contribution in [0.3, 0.4) is 0 Å². The summed E-state index contributed by atoms with van der Waals surface area (Å²) in [7, 11) is 0. The molecule has 0 spiro atoms. The minimum absolute atomic E-state index is 0.0950. The predicted octanol–water partition coefficient (Wildman–Crippen LogP) is 0.321. The highest BCUT2D eigenvalue weighted by Gasteiger charge is 2.64. The maximum Gasteiger partial charge on any atom is 0.236 e. The van der Waals surface area contributed by atoms with E-state index in [2.05, 4.69) is 0 Å². The number of ether oxygens (including phenoxy) is 6. The monoisotopic (exact) mass is 407 g/mol. The summed E-state index contributed by atoms with van der Waals surface area (Å²) >= 11 is 0. The van der Waals surface area contributed by atoms with Crippen molar-refractivity contribution in [3.8, 4) is 0 Å². The Bertz CT molecular complexity index is 778. The van der Waals surface area contributed by atoms with Gasteiger partial charge in [-0.1, -0.05) is 12.2 Å². The summed E-state index contributed by atoms with van der Waals surface area (Å²) < 4.78 is 36.0. The fourth-order valence-electron chi connectivity index (χ4n) is 5.57. The van der Waals surface area contributed by atoms with E-state index >= 15 is 0 Å². The third-order valence-corrected chi connectivity index (χ3v) is 6.62. The quantitative estimate of drug-likeness (QED) is 0.477. The maximum absolute atomic E-state index is 13.0. The van der Waals surface area contributed by atoms with Crippen molar-refractivity contribution >= 4 is 11.8 Å². The number of rotatable bonds is 2. The van der Waals surface area contributed by atoms with Crippen molar-refractivity contribution in [1.29, 1.82) is 0 Å². The first-order chi connectivity index (χ1) is 13.6. The van der Waals surface area contributed by atoms with Gasteiger partial charge in [0.15, 0.2) is 17.9 Å². The van der Waals surface area contributed by atoms with Crippen LogP contribution in [0.2, 0.25) is 0 Å². The van der Waals surface area contributed by atoms with Crippen LogP contribution in [0.25, 0.3) is 0 Å². The fraction of sp³-hybridized carbons (Fsp3) is 0.800. The molecular weight excluding hydrogens is 382 g/mol. The molecule has 0 aliphatic carbocycles. The van der Waals surface area contributed by atoms with Crippen molar-refractivity contribution in [2.45, 2.75) is 82.2 Å². The Kier molecular flexibility index (Phi) is 3.59. The van der Waals surface area contributed by atoms with E-state index in [1.165, 1.54) is 4.90 Å². The van der Waals surface area contributed by atoms with E-state index < -0.39 is 54.1 Å². The third kappa shape index (κ3) is 2.55. The highest BCUT2D eigenvalue weighted by molar-refractivity contribution is 6.06. The van der Waals surface area contributed by atoms with Gasteiger partial charge in [0, 0.05) is 0 Å². The van der Waals surface area contributed by atoms with Crippen molar-refractivity contribution in [2.75, 3.05) is 6.54 Å². The zero-order chi connectivity index (χ0) is 20.3. The van der Waals surface area contributed by atoms with E-state index in [4.69, 9.17) is 28.4 Å². The smallest absolute Gasteiger partial charge is 0.236 e. The van der Waals surface area contributed by atoms with Crippen molar-refractivity contribution in [2.24, 2.45) is 11.8 Å². The molecule has 0 aromatic rings. The molecule has 6 aliphatic heterocycles. The Morgan fingerprint density at radius 2 is 1.34 bits per heavy atom. The molecule has 0 N–H and O–H groups in total. The molecule has 0 saturated carbocycles. The molecule has 5 saturated heterocycles. The lowest BCUT2D eigenvalue weighted by Crippen LogP contribution is -2.58. The largest absolute Gasteiger partial charge is 0.365 e. The molecule has 9 nitrogen and oxygen atoms in total. The minimum atomic E-state index is -0.825. The highest BCUT2D eigenvalue weighted by atomic mass is 16.9. The highest BCUT2D eigenvalue weighted by Crippen LogP contribution is 2.47. The molecule has 29 heavy (non-hydrogen) atoms. The zero-order valence-electron chi connectivity index (χ0n) is 16.8. The number of hydrogen-bond acceptors (Lipinski definition) is 8. The first-order valence-electron chi connectivity index (χ1n) is 10.2. The lowest BCUT2D eigenvalue weighted by Gasteiger charge is -2.38. The Morgan fingerprint density at radius 1 is 0.793 bits per heavy atom. The number of amides is 2. The van der Waals surface area contributed by atoms with Gasteiger partial charge in [-0.05, 0) is 27.7 Å². The number of imide groups is 1. The van der Waals surface area contributed by atoms with Crippen LogP contribution in [-0.4, -0.2) is 77.7 Å². The summed E-state index contributed by atoms with van der Waals surface area (Å²) in [6.07, 6.45) is 0.578. The van der Waals surface area contributed by atoms with Crippen LogP contribution in [0.4, 0.5) is 0 Å². The van der Waals surface area contributed by atoms with Crippen molar-refractivity contribution in [3.63, 3.8) is 0 Å². The molecule has 2 bridgehead atoms. The molecule has 0 unspecified atom stereocenters. The van der Waals surface area contributed by atoms with Crippen LogP contribution in [0.15, 0.2) is 12.2 Å². The van der Waals surface area contributed by atoms with Gasteiger partial charge in [0.2, 0.25) is 11.8 Å². The molecule has 2 amide bonds. The van der Waals surface area contributed by atoms with Crippen LogP contribution < -0.4 is 0 Å². The van der Waals surface area contributed by atoms with Gasteiger partial charge in [0.05, 0.1) is 30.6 Å². The molecule has 6 aliphatic rings. The second-order valence-electron chi connectivity index (χ2n) is 9.50. The molecule has 9 heteroatoms. The zero-order valence-corrected chi connectivity index (χ0v) is 16.8. The van der Waals surface area contributed by atoms with Crippen LogP contribution in [0.5, 0.6) is 0 Å². The molecule has 5 fully saturated rings. The Morgan fingerprint density at radius 3 is 2.00 bits per heavy atom. The Balaban J connectivity index is 1.26. The second kappa shape index (κ2) is 5.66. The SMILES string of the molecule is CC1(C)O[C@H]2[C@@H](O1)[C@@H](CN1C(=O)[C@@H]3[C@H](C1=O)[C@@H]1C=C[C@H]3O1)O[C@@H]1OC(C)(C)O[C@@H]12.